The number of rotatable bonds is 7. The molecule has 0 aliphatic rings. The van der Waals surface area contributed by atoms with Crippen LogP contribution in [-0.4, -0.2) is 26.1 Å². The molecule has 1 amide bonds. The molecular weight excluding hydrogens is 380 g/mol. The molecule has 0 aliphatic heterocycles. The average Bonchev–Trinajstić information content (AvgIpc) is 3.39. The smallest absolute Gasteiger partial charge is 0.277 e. The normalized spacial score (nSPS) is 12.7. The topological polar surface area (TPSA) is 81.5 Å². The van der Waals surface area contributed by atoms with Crippen molar-refractivity contribution < 1.29 is 9.21 Å². The lowest BCUT2D eigenvalue weighted by Crippen LogP contribution is -2.33. The number of furan rings is 1. The standard InChI is InChI=1S/C23H26N4O3/c1-15(2)14-26-19-8-4-5-9-20(19)27-21(23(26)29)13-18(25-27)22(28)24-16(3)10-11-17-7-6-12-30-17/h4-9,12-13,15-16H,10-11,14H2,1-3H3,(H,24,28)/t16-/m1/s1. The summed E-state index contributed by atoms with van der Waals surface area (Å²) in [6, 6.07) is 12.9. The van der Waals surface area contributed by atoms with Gasteiger partial charge in [0, 0.05) is 25.1 Å². The fourth-order valence-corrected chi connectivity index (χ4v) is 3.68. The lowest BCUT2D eigenvalue weighted by Gasteiger charge is -2.13. The number of fused-ring (bicyclic) bond motifs is 3. The van der Waals surface area contributed by atoms with Crippen LogP contribution >= 0.6 is 0 Å². The van der Waals surface area contributed by atoms with Gasteiger partial charge in [0.25, 0.3) is 11.5 Å². The predicted octanol–water partition coefficient (Wildman–Crippen LogP) is 3.65. The highest BCUT2D eigenvalue weighted by atomic mass is 16.3. The van der Waals surface area contributed by atoms with E-state index >= 15 is 0 Å². The molecule has 7 nitrogen and oxygen atoms in total. The van der Waals surface area contributed by atoms with Crippen molar-refractivity contribution in [2.24, 2.45) is 5.92 Å². The van der Waals surface area contributed by atoms with Crippen LogP contribution in [0.1, 0.15) is 43.4 Å². The molecule has 1 N–H and O–H groups in total. The molecule has 1 aromatic carbocycles. The van der Waals surface area contributed by atoms with Gasteiger partial charge in [-0.25, -0.2) is 4.52 Å². The molecular formula is C23H26N4O3. The van der Waals surface area contributed by atoms with Crippen molar-refractivity contribution in [2.45, 2.75) is 46.2 Å². The minimum absolute atomic E-state index is 0.0539. The van der Waals surface area contributed by atoms with Crippen LogP contribution in [0.3, 0.4) is 0 Å². The van der Waals surface area contributed by atoms with Crippen molar-refractivity contribution in [3.8, 4) is 0 Å². The molecule has 1 atom stereocenters. The second-order valence-electron chi connectivity index (χ2n) is 8.12. The first-order valence-electron chi connectivity index (χ1n) is 10.3. The maximum Gasteiger partial charge on any atom is 0.277 e. The zero-order valence-corrected chi connectivity index (χ0v) is 17.5. The third-order valence-corrected chi connectivity index (χ3v) is 5.14. The summed E-state index contributed by atoms with van der Waals surface area (Å²) < 4.78 is 8.69. The Bertz CT molecular complexity index is 1230. The number of aryl methyl sites for hydroxylation is 1. The van der Waals surface area contributed by atoms with Gasteiger partial charge < -0.3 is 14.3 Å². The van der Waals surface area contributed by atoms with Crippen molar-refractivity contribution in [3.05, 3.63) is 70.5 Å². The van der Waals surface area contributed by atoms with Gasteiger partial charge in [-0.1, -0.05) is 26.0 Å². The summed E-state index contributed by atoms with van der Waals surface area (Å²) in [5.41, 5.74) is 2.12. The Morgan fingerprint density at radius 2 is 1.87 bits per heavy atom. The van der Waals surface area contributed by atoms with Crippen LogP contribution in [0.25, 0.3) is 16.6 Å². The third kappa shape index (κ3) is 3.87. The average molecular weight is 406 g/mol. The van der Waals surface area contributed by atoms with Crippen molar-refractivity contribution >= 4 is 22.5 Å². The van der Waals surface area contributed by atoms with Crippen LogP contribution < -0.4 is 10.9 Å². The van der Waals surface area contributed by atoms with Crippen LogP contribution in [0, 0.1) is 5.92 Å². The molecule has 0 radical (unpaired) electrons. The minimum Gasteiger partial charge on any atom is -0.469 e. The van der Waals surface area contributed by atoms with E-state index in [9.17, 15) is 9.59 Å². The molecule has 0 aliphatic carbocycles. The number of nitrogens with one attached hydrogen (secondary N) is 1. The highest BCUT2D eigenvalue weighted by molar-refractivity contribution is 5.94. The fourth-order valence-electron chi connectivity index (χ4n) is 3.68. The number of nitrogens with zero attached hydrogens (tertiary/aromatic N) is 3. The highest BCUT2D eigenvalue weighted by Gasteiger charge is 2.19. The summed E-state index contributed by atoms with van der Waals surface area (Å²) in [6.07, 6.45) is 3.13. The number of para-hydroxylation sites is 2. The molecule has 4 aromatic rings. The Hall–Kier alpha value is -3.35. The number of carbonyl (C=O) groups excluding carboxylic acids is 1. The summed E-state index contributed by atoms with van der Waals surface area (Å²) in [5, 5.41) is 7.43. The van der Waals surface area contributed by atoms with Gasteiger partial charge in [-0.2, -0.15) is 5.10 Å². The molecule has 4 rings (SSSR count). The van der Waals surface area contributed by atoms with Gasteiger partial charge in [-0.3, -0.25) is 9.59 Å². The molecule has 0 saturated heterocycles. The van der Waals surface area contributed by atoms with E-state index in [2.05, 4.69) is 24.3 Å². The van der Waals surface area contributed by atoms with Gasteiger partial charge >= 0.3 is 0 Å². The molecule has 0 saturated carbocycles. The molecule has 3 heterocycles. The minimum atomic E-state index is -0.287. The van der Waals surface area contributed by atoms with E-state index in [4.69, 9.17) is 4.42 Å². The summed E-state index contributed by atoms with van der Waals surface area (Å²) >= 11 is 0. The number of carbonyl (C=O) groups is 1. The summed E-state index contributed by atoms with van der Waals surface area (Å²) in [7, 11) is 0. The van der Waals surface area contributed by atoms with Crippen LogP contribution in [0.5, 0.6) is 0 Å². The SMILES string of the molecule is CC(C)Cn1c(=O)c2cc(C(=O)N[C@H](C)CCc3ccco3)nn2c2ccccc21. The molecule has 0 spiro atoms. The Morgan fingerprint density at radius 1 is 1.10 bits per heavy atom. The van der Waals surface area contributed by atoms with E-state index in [1.165, 1.54) is 0 Å². The maximum absolute atomic E-state index is 13.1. The number of hydrogen-bond donors (Lipinski definition) is 1. The van der Waals surface area contributed by atoms with Crippen LogP contribution in [0.2, 0.25) is 0 Å². The van der Waals surface area contributed by atoms with Gasteiger partial charge in [-0.05, 0) is 43.5 Å². The Kier molecular flexibility index (Phi) is 5.44. The summed E-state index contributed by atoms with van der Waals surface area (Å²) in [4.78, 5) is 25.9. The van der Waals surface area contributed by atoms with Gasteiger partial charge in [-0.15, -0.1) is 0 Å². The van der Waals surface area contributed by atoms with Crippen molar-refractivity contribution in [2.75, 3.05) is 0 Å². The van der Waals surface area contributed by atoms with Gasteiger partial charge in [0.05, 0.1) is 17.3 Å². The van der Waals surface area contributed by atoms with Crippen LogP contribution in [0.4, 0.5) is 0 Å². The van der Waals surface area contributed by atoms with E-state index in [-0.39, 0.29) is 23.2 Å². The van der Waals surface area contributed by atoms with Gasteiger partial charge in [0.1, 0.15) is 11.3 Å². The van der Waals surface area contributed by atoms with E-state index in [0.29, 0.717) is 18.0 Å². The van der Waals surface area contributed by atoms with Crippen molar-refractivity contribution in [3.63, 3.8) is 0 Å². The lowest BCUT2D eigenvalue weighted by atomic mass is 10.1. The maximum atomic E-state index is 13.1. The molecule has 0 unspecified atom stereocenters. The second kappa shape index (κ2) is 8.18. The lowest BCUT2D eigenvalue weighted by molar-refractivity contribution is 0.0933. The molecule has 0 fully saturated rings. The first-order valence-corrected chi connectivity index (χ1v) is 10.3. The van der Waals surface area contributed by atoms with E-state index in [1.807, 2.05) is 43.3 Å². The fraction of sp³-hybridized carbons (Fsp3) is 0.348. The summed E-state index contributed by atoms with van der Waals surface area (Å²) in [5.74, 6) is 0.916. The second-order valence-corrected chi connectivity index (χ2v) is 8.12. The van der Waals surface area contributed by atoms with E-state index in [0.717, 1.165) is 29.6 Å². The first kappa shape index (κ1) is 19.9. The molecule has 7 heteroatoms. The largest absolute Gasteiger partial charge is 0.469 e. The number of benzene rings is 1. The number of amides is 1. The first-order chi connectivity index (χ1) is 14.4. The predicted molar refractivity (Wildman–Crippen MR) is 116 cm³/mol. The van der Waals surface area contributed by atoms with Gasteiger partial charge in [0.15, 0.2) is 5.69 Å². The third-order valence-electron chi connectivity index (χ3n) is 5.14. The Labute approximate surface area is 174 Å². The Morgan fingerprint density at radius 3 is 2.57 bits per heavy atom. The van der Waals surface area contributed by atoms with Crippen LogP contribution in [-0.2, 0) is 13.0 Å². The van der Waals surface area contributed by atoms with Crippen molar-refractivity contribution in [1.29, 1.82) is 0 Å². The molecule has 0 bridgehead atoms. The highest BCUT2D eigenvalue weighted by Crippen LogP contribution is 2.16. The molecule has 156 valence electrons. The zero-order valence-electron chi connectivity index (χ0n) is 17.5. The Balaban J connectivity index is 1.64. The number of aromatic nitrogens is 3. The molecule has 3 aromatic heterocycles. The molecule has 30 heavy (non-hydrogen) atoms. The van der Waals surface area contributed by atoms with E-state index in [1.54, 1.807) is 21.4 Å². The number of hydrogen-bond acceptors (Lipinski definition) is 4. The monoisotopic (exact) mass is 406 g/mol. The van der Waals surface area contributed by atoms with Gasteiger partial charge in [0.2, 0.25) is 0 Å². The van der Waals surface area contributed by atoms with Crippen LogP contribution in [0.15, 0.2) is 57.9 Å². The quantitative estimate of drug-likeness (QED) is 0.508. The van der Waals surface area contributed by atoms with Crippen molar-refractivity contribution in [1.82, 2.24) is 19.5 Å². The van der Waals surface area contributed by atoms with E-state index < -0.39 is 0 Å². The zero-order chi connectivity index (χ0) is 21.3. The summed E-state index contributed by atoms with van der Waals surface area (Å²) in [6.45, 7) is 6.70.